The van der Waals surface area contributed by atoms with Crippen LogP contribution in [0, 0.1) is 0 Å². The Bertz CT molecular complexity index is 861. The smallest absolute Gasteiger partial charge is 0.262 e. The zero-order valence-corrected chi connectivity index (χ0v) is 14.7. The first-order valence-electron chi connectivity index (χ1n) is 8.75. The van der Waals surface area contributed by atoms with Gasteiger partial charge in [-0.05, 0) is 31.4 Å². The third kappa shape index (κ3) is 2.84. The monoisotopic (exact) mass is 373 g/mol. The van der Waals surface area contributed by atoms with Gasteiger partial charge < -0.3 is 15.2 Å². The molecule has 9 nitrogen and oxygen atoms in total. The minimum atomic E-state index is -1.00. The van der Waals surface area contributed by atoms with Gasteiger partial charge >= 0.3 is 0 Å². The van der Waals surface area contributed by atoms with E-state index in [4.69, 9.17) is 15.2 Å². The average Bonchev–Trinajstić information content (AvgIpc) is 2.84. The third-order valence-corrected chi connectivity index (χ3v) is 5.15. The summed E-state index contributed by atoms with van der Waals surface area (Å²) in [4.78, 5) is 50.0. The molecule has 3 aliphatic rings. The first-order chi connectivity index (χ1) is 12.9. The molecule has 27 heavy (non-hydrogen) atoms. The number of imide groups is 2. The van der Waals surface area contributed by atoms with Crippen LogP contribution in [0.1, 0.15) is 46.4 Å². The molecule has 1 saturated carbocycles. The molecular formula is C18H19N3O6. The summed E-state index contributed by atoms with van der Waals surface area (Å²) in [6.07, 6.45) is 1.52. The van der Waals surface area contributed by atoms with Crippen LogP contribution in [0.5, 0.6) is 11.5 Å². The predicted octanol–water partition coefficient (Wildman–Crippen LogP) is -0.0351. The quantitative estimate of drug-likeness (QED) is 0.709. The van der Waals surface area contributed by atoms with Gasteiger partial charge in [0.1, 0.15) is 12.1 Å². The highest BCUT2D eigenvalue weighted by Gasteiger charge is 2.45. The Morgan fingerprint density at radius 3 is 2.26 bits per heavy atom. The Kier molecular flexibility index (Phi) is 4.11. The molecule has 142 valence electrons. The largest absolute Gasteiger partial charge is 0.493 e. The van der Waals surface area contributed by atoms with Crippen LogP contribution in [0.2, 0.25) is 0 Å². The molecule has 3 N–H and O–H groups in total. The summed E-state index contributed by atoms with van der Waals surface area (Å²) in [7, 11) is 1.44. The van der Waals surface area contributed by atoms with Gasteiger partial charge in [0.15, 0.2) is 11.5 Å². The minimum Gasteiger partial charge on any atom is -0.493 e. The Hall–Kier alpha value is -2.94. The lowest BCUT2D eigenvalue weighted by Crippen LogP contribution is -2.54. The van der Waals surface area contributed by atoms with Crippen molar-refractivity contribution in [1.29, 1.82) is 0 Å². The van der Waals surface area contributed by atoms with Crippen LogP contribution in [-0.4, -0.2) is 53.8 Å². The second kappa shape index (κ2) is 6.34. The van der Waals surface area contributed by atoms with Gasteiger partial charge in [-0.3, -0.25) is 29.4 Å². The number of rotatable bonds is 4. The third-order valence-electron chi connectivity index (χ3n) is 5.15. The standard InChI is InChI=1S/C18H19N3O6/c1-26-13-6-10-11(7-14(13)27-9-4-8(19)5-9)18(25)21(17(10)24)12-2-3-15(22)20-16(12)23/h6-9,12H,2-5,19H2,1H3,(H,20,22,23). The molecule has 0 bridgehead atoms. The van der Waals surface area contributed by atoms with E-state index >= 15 is 0 Å². The van der Waals surface area contributed by atoms with E-state index in [0.29, 0.717) is 24.3 Å². The molecule has 0 aromatic heterocycles. The van der Waals surface area contributed by atoms with Crippen molar-refractivity contribution in [2.75, 3.05) is 7.11 Å². The summed E-state index contributed by atoms with van der Waals surface area (Å²) in [5.74, 6) is -1.53. The number of methoxy groups -OCH3 is 1. The first kappa shape index (κ1) is 17.5. The van der Waals surface area contributed by atoms with E-state index in [2.05, 4.69) is 5.32 Å². The molecule has 0 radical (unpaired) electrons. The molecule has 1 atom stereocenters. The summed E-state index contributed by atoms with van der Waals surface area (Å²) in [5, 5.41) is 2.17. The second-order valence-electron chi connectivity index (χ2n) is 6.97. The molecule has 4 rings (SSSR count). The van der Waals surface area contributed by atoms with Crippen molar-refractivity contribution in [3.8, 4) is 11.5 Å². The summed E-state index contributed by atoms with van der Waals surface area (Å²) in [6.45, 7) is 0. The van der Waals surface area contributed by atoms with Crippen molar-refractivity contribution in [2.45, 2.75) is 43.9 Å². The number of fused-ring (bicyclic) bond motifs is 1. The molecular weight excluding hydrogens is 354 g/mol. The van der Waals surface area contributed by atoms with Gasteiger partial charge in [-0.25, -0.2) is 0 Å². The molecule has 1 saturated heterocycles. The number of nitrogens with one attached hydrogen (secondary N) is 1. The van der Waals surface area contributed by atoms with E-state index in [0.717, 1.165) is 4.90 Å². The van der Waals surface area contributed by atoms with Crippen LogP contribution in [0.25, 0.3) is 0 Å². The Morgan fingerprint density at radius 1 is 1.07 bits per heavy atom. The number of hydrogen-bond donors (Lipinski definition) is 2. The van der Waals surface area contributed by atoms with Crippen molar-refractivity contribution in [3.05, 3.63) is 23.3 Å². The maximum atomic E-state index is 12.8. The Morgan fingerprint density at radius 2 is 1.70 bits per heavy atom. The van der Waals surface area contributed by atoms with Gasteiger partial charge in [-0.2, -0.15) is 0 Å². The highest BCUT2D eigenvalue weighted by atomic mass is 16.5. The molecule has 0 spiro atoms. The lowest BCUT2D eigenvalue weighted by atomic mass is 9.90. The Labute approximate surface area is 154 Å². The van der Waals surface area contributed by atoms with Crippen LogP contribution < -0.4 is 20.5 Å². The van der Waals surface area contributed by atoms with Gasteiger partial charge in [-0.15, -0.1) is 0 Å². The molecule has 1 unspecified atom stereocenters. The molecule has 2 aliphatic heterocycles. The van der Waals surface area contributed by atoms with Crippen LogP contribution >= 0.6 is 0 Å². The molecule has 9 heteroatoms. The number of amides is 4. The van der Waals surface area contributed by atoms with Crippen LogP contribution in [0.3, 0.4) is 0 Å². The lowest BCUT2D eigenvalue weighted by molar-refractivity contribution is -0.136. The van der Waals surface area contributed by atoms with Gasteiger partial charge in [0.25, 0.3) is 11.8 Å². The predicted molar refractivity (Wildman–Crippen MR) is 91.3 cm³/mol. The highest BCUT2D eigenvalue weighted by Crippen LogP contribution is 2.38. The van der Waals surface area contributed by atoms with Crippen molar-refractivity contribution >= 4 is 23.6 Å². The molecule has 1 aromatic rings. The van der Waals surface area contributed by atoms with E-state index in [1.807, 2.05) is 0 Å². The molecule has 1 aromatic carbocycles. The van der Waals surface area contributed by atoms with Crippen molar-refractivity contribution in [1.82, 2.24) is 10.2 Å². The number of carbonyl (C=O) groups excluding carboxylic acids is 4. The van der Waals surface area contributed by atoms with E-state index < -0.39 is 29.7 Å². The lowest BCUT2D eigenvalue weighted by Gasteiger charge is -2.33. The zero-order chi connectivity index (χ0) is 19.3. The van der Waals surface area contributed by atoms with E-state index in [9.17, 15) is 19.2 Å². The number of hydrogen-bond acceptors (Lipinski definition) is 7. The summed E-state index contributed by atoms with van der Waals surface area (Å²) in [5.41, 5.74) is 6.08. The SMILES string of the molecule is COc1cc2c(cc1OC1CC(N)C1)C(=O)N(C1CCC(=O)NC1=O)C2=O. The van der Waals surface area contributed by atoms with Crippen LogP contribution in [0.4, 0.5) is 0 Å². The summed E-state index contributed by atoms with van der Waals surface area (Å²) < 4.78 is 11.2. The molecule has 2 fully saturated rings. The topological polar surface area (TPSA) is 128 Å². The second-order valence-corrected chi connectivity index (χ2v) is 6.97. The fourth-order valence-electron chi connectivity index (χ4n) is 3.61. The summed E-state index contributed by atoms with van der Waals surface area (Å²) >= 11 is 0. The van der Waals surface area contributed by atoms with E-state index in [-0.39, 0.29) is 36.1 Å². The van der Waals surface area contributed by atoms with Gasteiger partial charge in [0.05, 0.1) is 18.2 Å². The average molecular weight is 373 g/mol. The van der Waals surface area contributed by atoms with Crippen LogP contribution in [0.15, 0.2) is 12.1 Å². The van der Waals surface area contributed by atoms with Crippen molar-refractivity contribution in [2.24, 2.45) is 5.73 Å². The normalized spacial score (nSPS) is 27.2. The van der Waals surface area contributed by atoms with Crippen molar-refractivity contribution < 1.29 is 28.7 Å². The van der Waals surface area contributed by atoms with Gasteiger partial charge in [-0.1, -0.05) is 0 Å². The van der Waals surface area contributed by atoms with E-state index in [1.54, 1.807) is 0 Å². The van der Waals surface area contributed by atoms with E-state index in [1.165, 1.54) is 19.2 Å². The first-order valence-corrected chi connectivity index (χ1v) is 8.75. The van der Waals surface area contributed by atoms with Gasteiger partial charge in [0.2, 0.25) is 11.8 Å². The number of ether oxygens (including phenoxy) is 2. The number of piperidine rings is 1. The minimum absolute atomic E-state index is 0.0644. The number of nitrogens with zero attached hydrogens (tertiary/aromatic N) is 1. The van der Waals surface area contributed by atoms with Crippen LogP contribution in [-0.2, 0) is 9.59 Å². The zero-order valence-electron chi connectivity index (χ0n) is 14.7. The summed E-state index contributed by atoms with van der Waals surface area (Å²) in [6, 6.07) is 2.02. The number of nitrogens with two attached hydrogens (primary N) is 1. The maximum Gasteiger partial charge on any atom is 0.262 e. The Balaban J connectivity index is 1.64. The number of benzene rings is 1. The highest BCUT2D eigenvalue weighted by molar-refractivity contribution is 6.23. The molecule has 4 amide bonds. The fourth-order valence-corrected chi connectivity index (χ4v) is 3.61. The fraction of sp³-hybridized carbons (Fsp3) is 0.444. The van der Waals surface area contributed by atoms with Gasteiger partial charge in [0, 0.05) is 12.5 Å². The number of carbonyl (C=O) groups is 4. The molecule has 1 aliphatic carbocycles. The maximum absolute atomic E-state index is 12.8. The van der Waals surface area contributed by atoms with Crippen molar-refractivity contribution in [3.63, 3.8) is 0 Å². The molecule has 2 heterocycles.